The average molecular weight is 432 g/mol. The SMILES string of the molecule is Cc1nnc(CN=C(NCC2(N3CCOCC3)CCCCC2)NC2CCCCC2)n1C. The number of rotatable bonds is 6. The van der Waals surface area contributed by atoms with E-state index >= 15 is 0 Å². The molecule has 2 N–H and O–H groups in total. The predicted molar refractivity (Wildman–Crippen MR) is 123 cm³/mol. The molecule has 31 heavy (non-hydrogen) atoms. The van der Waals surface area contributed by atoms with Gasteiger partial charge in [0.1, 0.15) is 12.4 Å². The van der Waals surface area contributed by atoms with Crippen LogP contribution in [-0.4, -0.2) is 70.1 Å². The summed E-state index contributed by atoms with van der Waals surface area (Å²) in [5.74, 6) is 2.77. The summed E-state index contributed by atoms with van der Waals surface area (Å²) in [6.07, 6.45) is 13.0. The molecule has 1 aromatic heterocycles. The highest BCUT2D eigenvalue weighted by atomic mass is 16.5. The molecule has 2 aliphatic carbocycles. The Morgan fingerprint density at radius 1 is 1.06 bits per heavy atom. The monoisotopic (exact) mass is 431 g/mol. The molecule has 2 heterocycles. The summed E-state index contributed by atoms with van der Waals surface area (Å²) in [4.78, 5) is 7.64. The van der Waals surface area contributed by atoms with Crippen molar-refractivity contribution in [1.29, 1.82) is 0 Å². The highest BCUT2D eigenvalue weighted by Gasteiger charge is 2.38. The lowest BCUT2D eigenvalue weighted by molar-refractivity contribution is -0.0353. The molecule has 0 bridgehead atoms. The van der Waals surface area contributed by atoms with Gasteiger partial charge in [-0.2, -0.15) is 0 Å². The van der Waals surface area contributed by atoms with Crippen LogP contribution in [0.25, 0.3) is 0 Å². The number of aliphatic imine (C=N–C) groups is 1. The van der Waals surface area contributed by atoms with Crippen molar-refractivity contribution in [2.45, 2.75) is 89.3 Å². The summed E-state index contributed by atoms with van der Waals surface area (Å²) in [6, 6.07) is 0.520. The zero-order chi connectivity index (χ0) is 21.5. The molecule has 0 aromatic carbocycles. The number of morpholine rings is 1. The predicted octanol–water partition coefficient (Wildman–Crippen LogP) is 2.53. The van der Waals surface area contributed by atoms with Crippen molar-refractivity contribution in [3.63, 3.8) is 0 Å². The summed E-state index contributed by atoms with van der Waals surface area (Å²) in [6.45, 7) is 7.27. The van der Waals surface area contributed by atoms with Crippen molar-refractivity contribution in [2.75, 3.05) is 32.8 Å². The minimum Gasteiger partial charge on any atom is -0.379 e. The molecule has 8 heteroatoms. The van der Waals surface area contributed by atoms with E-state index in [4.69, 9.17) is 9.73 Å². The van der Waals surface area contributed by atoms with Gasteiger partial charge in [-0.25, -0.2) is 4.99 Å². The third-order valence-corrected chi connectivity index (χ3v) is 7.56. The van der Waals surface area contributed by atoms with Crippen LogP contribution in [0.2, 0.25) is 0 Å². The summed E-state index contributed by atoms with van der Waals surface area (Å²) < 4.78 is 7.67. The Morgan fingerprint density at radius 3 is 2.45 bits per heavy atom. The summed E-state index contributed by atoms with van der Waals surface area (Å²) in [5.41, 5.74) is 0.221. The van der Waals surface area contributed by atoms with Gasteiger partial charge >= 0.3 is 0 Å². The largest absolute Gasteiger partial charge is 0.379 e. The van der Waals surface area contributed by atoms with Crippen LogP contribution in [0.3, 0.4) is 0 Å². The van der Waals surface area contributed by atoms with Gasteiger partial charge in [0.25, 0.3) is 0 Å². The number of hydrogen-bond donors (Lipinski definition) is 2. The fraction of sp³-hybridized carbons (Fsp3) is 0.870. The molecule has 3 aliphatic rings. The molecule has 4 rings (SSSR count). The van der Waals surface area contributed by atoms with Gasteiger partial charge in [0, 0.05) is 38.3 Å². The van der Waals surface area contributed by atoms with Gasteiger partial charge in [0.15, 0.2) is 11.8 Å². The van der Waals surface area contributed by atoms with Gasteiger partial charge in [0.2, 0.25) is 0 Å². The summed E-state index contributed by atoms with van der Waals surface area (Å²) in [7, 11) is 2.01. The molecule has 0 amide bonds. The minimum atomic E-state index is 0.221. The van der Waals surface area contributed by atoms with E-state index in [1.165, 1.54) is 64.2 Å². The first-order valence-electron chi connectivity index (χ1n) is 12.4. The van der Waals surface area contributed by atoms with Crippen molar-refractivity contribution in [3.05, 3.63) is 11.6 Å². The number of guanidine groups is 1. The lowest BCUT2D eigenvalue weighted by Gasteiger charge is -2.48. The van der Waals surface area contributed by atoms with Crippen molar-refractivity contribution in [2.24, 2.45) is 12.0 Å². The maximum absolute atomic E-state index is 5.65. The molecule has 8 nitrogen and oxygen atoms in total. The first kappa shape index (κ1) is 22.5. The number of nitrogens with one attached hydrogen (secondary N) is 2. The lowest BCUT2D eigenvalue weighted by atomic mass is 9.79. The van der Waals surface area contributed by atoms with Gasteiger partial charge in [0.05, 0.1) is 13.2 Å². The van der Waals surface area contributed by atoms with E-state index in [2.05, 4.69) is 25.7 Å². The zero-order valence-corrected chi connectivity index (χ0v) is 19.5. The van der Waals surface area contributed by atoms with Crippen LogP contribution in [-0.2, 0) is 18.3 Å². The molecule has 0 spiro atoms. The van der Waals surface area contributed by atoms with Crippen molar-refractivity contribution < 1.29 is 4.74 Å². The van der Waals surface area contributed by atoms with Gasteiger partial charge in [-0.1, -0.05) is 38.5 Å². The van der Waals surface area contributed by atoms with Crippen LogP contribution in [0.5, 0.6) is 0 Å². The van der Waals surface area contributed by atoms with Crippen LogP contribution < -0.4 is 10.6 Å². The van der Waals surface area contributed by atoms with E-state index in [1.807, 2.05) is 18.5 Å². The number of nitrogens with zero attached hydrogens (tertiary/aromatic N) is 5. The van der Waals surface area contributed by atoms with Crippen molar-refractivity contribution >= 4 is 5.96 Å². The van der Waals surface area contributed by atoms with Crippen LogP contribution in [0, 0.1) is 6.92 Å². The maximum Gasteiger partial charge on any atom is 0.191 e. The third kappa shape index (κ3) is 5.77. The highest BCUT2D eigenvalue weighted by Crippen LogP contribution is 2.34. The Bertz CT molecular complexity index is 714. The van der Waals surface area contributed by atoms with Gasteiger partial charge in [-0.15, -0.1) is 10.2 Å². The third-order valence-electron chi connectivity index (χ3n) is 7.56. The molecule has 1 saturated heterocycles. The summed E-state index contributed by atoms with van der Waals surface area (Å²) >= 11 is 0. The lowest BCUT2D eigenvalue weighted by Crippen LogP contribution is -2.61. The fourth-order valence-electron chi connectivity index (χ4n) is 5.43. The molecule has 0 atom stereocenters. The number of aryl methyl sites for hydroxylation is 1. The fourth-order valence-corrected chi connectivity index (χ4v) is 5.43. The molecule has 3 fully saturated rings. The normalized spacial score (nSPS) is 23.6. The van der Waals surface area contributed by atoms with E-state index in [0.717, 1.165) is 50.5 Å². The van der Waals surface area contributed by atoms with E-state index in [1.54, 1.807) is 0 Å². The molecule has 174 valence electrons. The average Bonchev–Trinajstić information content (AvgIpc) is 3.15. The van der Waals surface area contributed by atoms with Crippen molar-refractivity contribution in [1.82, 2.24) is 30.3 Å². The van der Waals surface area contributed by atoms with Crippen LogP contribution in [0.4, 0.5) is 0 Å². The first-order valence-corrected chi connectivity index (χ1v) is 12.4. The molecule has 0 radical (unpaired) electrons. The number of ether oxygens (including phenoxy) is 1. The quantitative estimate of drug-likeness (QED) is 0.532. The second-order valence-corrected chi connectivity index (χ2v) is 9.60. The van der Waals surface area contributed by atoms with Gasteiger partial charge in [-0.3, -0.25) is 4.90 Å². The Hall–Kier alpha value is -1.67. The highest BCUT2D eigenvalue weighted by molar-refractivity contribution is 5.80. The standard InChI is InChI=1S/C23H41N7O/c1-19-27-28-21(29(19)2)17-24-22(26-20-9-5-3-6-10-20)25-18-23(11-7-4-8-12-23)30-13-15-31-16-14-30/h20H,3-18H2,1-2H3,(H2,24,25,26). The maximum atomic E-state index is 5.65. The number of hydrogen-bond acceptors (Lipinski definition) is 5. The molecule has 2 saturated carbocycles. The second-order valence-electron chi connectivity index (χ2n) is 9.60. The van der Waals surface area contributed by atoms with Crippen molar-refractivity contribution in [3.8, 4) is 0 Å². The second kappa shape index (κ2) is 10.8. The van der Waals surface area contributed by atoms with Crippen LogP contribution in [0.1, 0.15) is 75.9 Å². The molecule has 1 aliphatic heterocycles. The Balaban J connectivity index is 1.46. The smallest absolute Gasteiger partial charge is 0.191 e. The molecule has 0 unspecified atom stereocenters. The van der Waals surface area contributed by atoms with E-state index in [-0.39, 0.29) is 5.54 Å². The van der Waals surface area contributed by atoms with E-state index in [9.17, 15) is 0 Å². The number of aromatic nitrogens is 3. The molecular weight excluding hydrogens is 390 g/mol. The minimum absolute atomic E-state index is 0.221. The molecule has 1 aromatic rings. The topological polar surface area (TPSA) is 79.6 Å². The Morgan fingerprint density at radius 2 is 1.77 bits per heavy atom. The van der Waals surface area contributed by atoms with E-state index < -0.39 is 0 Å². The Kier molecular flexibility index (Phi) is 7.82. The van der Waals surface area contributed by atoms with Gasteiger partial charge in [-0.05, 0) is 32.6 Å². The molecular formula is C23H41N7O. The van der Waals surface area contributed by atoms with Gasteiger partial charge < -0.3 is 19.9 Å². The van der Waals surface area contributed by atoms with Crippen LogP contribution >= 0.6 is 0 Å². The Labute approximate surface area is 187 Å². The first-order chi connectivity index (χ1) is 15.2. The van der Waals surface area contributed by atoms with Crippen LogP contribution in [0.15, 0.2) is 4.99 Å². The zero-order valence-electron chi connectivity index (χ0n) is 19.5. The summed E-state index contributed by atoms with van der Waals surface area (Å²) in [5, 5.41) is 16.0. The van der Waals surface area contributed by atoms with E-state index in [0.29, 0.717) is 12.6 Å².